The minimum absolute atomic E-state index is 0.0542. The first-order valence-electron chi connectivity index (χ1n) is 7.10. The van der Waals surface area contributed by atoms with Crippen molar-refractivity contribution in [2.75, 3.05) is 5.32 Å². The van der Waals surface area contributed by atoms with Gasteiger partial charge in [-0.05, 0) is 31.0 Å². The van der Waals surface area contributed by atoms with Gasteiger partial charge in [0.25, 0.3) is 0 Å². The lowest BCUT2D eigenvalue weighted by molar-refractivity contribution is -0.116. The van der Waals surface area contributed by atoms with E-state index in [-0.39, 0.29) is 11.7 Å². The van der Waals surface area contributed by atoms with Crippen molar-refractivity contribution in [3.8, 4) is 0 Å². The average molecular weight is 281 g/mol. The van der Waals surface area contributed by atoms with Crippen LogP contribution in [0.4, 0.5) is 5.69 Å². The zero-order valence-corrected chi connectivity index (χ0v) is 12.1. The van der Waals surface area contributed by atoms with E-state index in [1.807, 2.05) is 49.4 Å². The third-order valence-electron chi connectivity index (χ3n) is 3.21. The molecule has 0 aliphatic carbocycles. The monoisotopic (exact) mass is 281 g/mol. The van der Waals surface area contributed by atoms with Crippen LogP contribution in [-0.4, -0.2) is 11.7 Å². The number of carbonyl (C=O) groups is 2. The van der Waals surface area contributed by atoms with Gasteiger partial charge in [-0.2, -0.15) is 0 Å². The average Bonchev–Trinajstić information content (AvgIpc) is 2.48. The molecule has 0 heterocycles. The van der Waals surface area contributed by atoms with Gasteiger partial charge in [0, 0.05) is 24.1 Å². The lowest BCUT2D eigenvalue weighted by Crippen LogP contribution is -2.12. The number of hydrogen-bond donors (Lipinski definition) is 1. The van der Waals surface area contributed by atoms with E-state index in [9.17, 15) is 9.59 Å². The Morgan fingerprint density at radius 1 is 0.952 bits per heavy atom. The van der Waals surface area contributed by atoms with Gasteiger partial charge in [0.1, 0.15) is 0 Å². The fourth-order valence-electron chi connectivity index (χ4n) is 2.12. The summed E-state index contributed by atoms with van der Waals surface area (Å²) < 4.78 is 0. The van der Waals surface area contributed by atoms with Gasteiger partial charge in [-0.3, -0.25) is 9.59 Å². The van der Waals surface area contributed by atoms with E-state index in [2.05, 4.69) is 5.32 Å². The van der Waals surface area contributed by atoms with Crippen molar-refractivity contribution in [2.45, 2.75) is 26.2 Å². The predicted molar refractivity (Wildman–Crippen MR) is 84.4 cm³/mol. The summed E-state index contributed by atoms with van der Waals surface area (Å²) in [5.74, 6) is 0.0282. The van der Waals surface area contributed by atoms with E-state index in [0.717, 1.165) is 11.3 Å². The molecule has 0 aliphatic rings. The SMILES string of the molecule is Cc1cccc(NC(=O)CCCC(=O)c2ccccc2)c1. The number of carbonyl (C=O) groups excluding carboxylic acids is 2. The summed E-state index contributed by atoms with van der Waals surface area (Å²) in [6.45, 7) is 1.98. The molecular weight excluding hydrogens is 262 g/mol. The second-order valence-electron chi connectivity index (χ2n) is 5.06. The second-order valence-corrected chi connectivity index (χ2v) is 5.06. The first-order chi connectivity index (χ1) is 10.1. The topological polar surface area (TPSA) is 46.2 Å². The maximum absolute atomic E-state index is 11.9. The molecule has 0 saturated heterocycles. The smallest absolute Gasteiger partial charge is 0.224 e. The summed E-state index contributed by atoms with van der Waals surface area (Å²) in [5.41, 5.74) is 2.61. The molecule has 1 N–H and O–H groups in total. The quantitative estimate of drug-likeness (QED) is 0.814. The fourth-order valence-corrected chi connectivity index (χ4v) is 2.12. The Kier molecular flexibility index (Phi) is 5.27. The number of anilines is 1. The van der Waals surface area contributed by atoms with Crippen molar-refractivity contribution < 1.29 is 9.59 Å². The van der Waals surface area contributed by atoms with Crippen LogP contribution in [0.2, 0.25) is 0 Å². The van der Waals surface area contributed by atoms with E-state index in [1.54, 1.807) is 12.1 Å². The van der Waals surface area contributed by atoms with Crippen molar-refractivity contribution in [3.05, 3.63) is 65.7 Å². The van der Waals surface area contributed by atoms with Crippen molar-refractivity contribution >= 4 is 17.4 Å². The Hall–Kier alpha value is -2.42. The first-order valence-corrected chi connectivity index (χ1v) is 7.10. The van der Waals surface area contributed by atoms with Crippen molar-refractivity contribution in [1.82, 2.24) is 0 Å². The van der Waals surface area contributed by atoms with Gasteiger partial charge in [-0.1, -0.05) is 42.5 Å². The highest BCUT2D eigenvalue weighted by Crippen LogP contribution is 2.11. The van der Waals surface area contributed by atoms with Crippen molar-refractivity contribution in [2.24, 2.45) is 0 Å². The van der Waals surface area contributed by atoms with E-state index in [4.69, 9.17) is 0 Å². The van der Waals surface area contributed by atoms with E-state index < -0.39 is 0 Å². The number of aryl methyl sites for hydroxylation is 1. The molecule has 1 amide bonds. The molecule has 0 saturated carbocycles. The number of nitrogens with one attached hydrogen (secondary N) is 1. The van der Waals surface area contributed by atoms with Crippen LogP contribution < -0.4 is 5.32 Å². The van der Waals surface area contributed by atoms with Gasteiger partial charge in [0.05, 0.1) is 0 Å². The zero-order chi connectivity index (χ0) is 15.1. The second kappa shape index (κ2) is 7.39. The van der Waals surface area contributed by atoms with Crippen molar-refractivity contribution in [1.29, 1.82) is 0 Å². The Labute approximate surface area is 125 Å². The molecule has 0 bridgehead atoms. The Balaban J connectivity index is 1.76. The summed E-state index contributed by atoms with van der Waals surface area (Å²) in [4.78, 5) is 23.7. The van der Waals surface area contributed by atoms with Crippen LogP contribution in [0.1, 0.15) is 35.2 Å². The van der Waals surface area contributed by atoms with Crippen LogP contribution >= 0.6 is 0 Å². The molecule has 0 aliphatic heterocycles. The lowest BCUT2D eigenvalue weighted by Gasteiger charge is -2.06. The van der Waals surface area contributed by atoms with Gasteiger partial charge in [-0.25, -0.2) is 0 Å². The number of hydrogen-bond acceptors (Lipinski definition) is 2. The van der Waals surface area contributed by atoms with E-state index in [0.29, 0.717) is 24.8 Å². The molecule has 2 aromatic carbocycles. The number of Topliss-reactive ketones (excluding diaryl/α,β-unsaturated/α-hetero) is 1. The predicted octanol–water partition coefficient (Wildman–Crippen LogP) is 3.99. The molecular formula is C18H19NO2. The van der Waals surface area contributed by atoms with Crippen LogP contribution in [0.3, 0.4) is 0 Å². The summed E-state index contributed by atoms with van der Waals surface area (Å²) >= 11 is 0. The van der Waals surface area contributed by atoms with Crippen LogP contribution in [0.5, 0.6) is 0 Å². The highest BCUT2D eigenvalue weighted by atomic mass is 16.1. The summed E-state index contributed by atoms with van der Waals surface area (Å²) in [6.07, 6.45) is 1.31. The molecule has 0 fully saturated rings. The summed E-state index contributed by atoms with van der Waals surface area (Å²) in [7, 11) is 0. The van der Waals surface area contributed by atoms with E-state index >= 15 is 0 Å². The minimum atomic E-state index is -0.0542. The Morgan fingerprint density at radius 3 is 2.43 bits per heavy atom. The Morgan fingerprint density at radius 2 is 1.71 bits per heavy atom. The number of benzene rings is 2. The van der Waals surface area contributed by atoms with Gasteiger partial charge in [0.2, 0.25) is 5.91 Å². The maximum atomic E-state index is 11.9. The highest BCUT2D eigenvalue weighted by molar-refractivity contribution is 5.96. The van der Waals surface area contributed by atoms with Gasteiger partial charge < -0.3 is 5.32 Å². The van der Waals surface area contributed by atoms with Gasteiger partial charge >= 0.3 is 0 Å². The standard InChI is InChI=1S/C18H19NO2/c1-14-7-5-10-16(13-14)19-18(21)12-6-11-17(20)15-8-3-2-4-9-15/h2-5,7-10,13H,6,11-12H2,1H3,(H,19,21). The molecule has 0 aromatic heterocycles. The van der Waals surface area contributed by atoms with Crippen LogP contribution in [0, 0.1) is 6.92 Å². The zero-order valence-electron chi connectivity index (χ0n) is 12.1. The molecule has 108 valence electrons. The largest absolute Gasteiger partial charge is 0.326 e. The molecule has 3 nitrogen and oxygen atoms in total. The van der Waals surface area contributed by atoms with Gasteiger partial charge in [0.15, 0.2) is 5.78 Å². The Bertz CT molecular complexity index is 620. The summed E-state index contributed by atoms with van der Waals surface area (Å²) in [6, 6.07) is 16.8. The van der Waals surface area contributed by atoms with Gasteiger partial charge in [-0.15, -0.1) is 0 Å². The molecule has 0 unspecified atom stereocenters. The normalized spacial score (nSPS) is 10.1. The van der Waals surface area contributed by atoms with Crippen molar-refractivity contribution in [3.63, 3.8) is 0 Å². The highest BCUT2D eigenvalue weighted by Gasteiger charge is 2.07. The number of rotatable bonds is 6. The number of ketones is 1. The van der Waals surface area contributed by atoms with Crippen LogP contribution in [0.25, 0.3) is 0 Å². The third kappa shape index (κ3) is 4.88. The van der Waals surface area contributed by atoms with Crippen LogP contribution in [-0.2, 0) is 4.79 Å². The lowest BCUT2D eigenvalue weighted by atomic mass is 10.1. The first kappa shape index (κ1) is 15.0. The molecule has 0 spiro atoms. The van der Waals surface area contributed by atoms with Crippen LogP contribution in [0.15, 0.2) is 54.6 Å². The third-order valence-corrected chi connectivity index (χ3v) is 3.21. The molecule has 3 heteroatoms. The molecule has 21 heavy (non-hydrogen) atoms. The number of amides is 1. The molecule has 0 atom stereocenters. The molecule has 2 aromatic rings. The molecule has 2 rings (SSSR count). The summed E-state index contributed by atoms with van der Waals surface area (Å²) in [5, 5.41) is 2.85. The maximum Gasteiger partial charge on any atom is 0.224 e. The molecule has 0 radical (unpaired) electrons. The van der Waals surface area contributed by atoms with E-state index in [1.165, 1.54) is 0 Å². The minimum Gasteiger partial charge on any atom is -0.326 e. The fraction of sp³-hybridized carbons (Fsp3) is 0.222.